The number of amides is 1. The molecule has 10 heteroatoms. The number of aliphatic carboxylic acids is 1. The van der Waals surface area contributed by atoms with E-state index in [1.807, 2.05) is 13.8 Å². The number of sulfonamides is 1. The van der Waals surface area contributed by atoms with Gasteiger partial charge in [-0.3, -0.25) is 4.79 Å². The molecule has 1 amide bonds. The van der Waals surface area contributed by atoms with Crippen molar-refractivity contribution in [1.82, 2.24) is 9.62 Å². The molecule has 0 spiro atoms. The van der Waals surface area contributed by atoms with Crippen molar-refractivity contribution in [2.75, 3.05) is 0 Å². The predicted octanol–water partition coefficient (Wildman–Crippen LogP) is 6.72. The fourth-order valence-electron chi connectivity index (χ4n) is 5.16. The third kappa shape index (κ3) is 6.84. The van der Waals surface area contributed by atoms with Gasteiger partial charge in [0.2, 0.25) is 15.9 Å². The standard InChI is InChI=1S/C31H32Cl2N2O5S/c1-19(2)17-26(31(37)38)34-30(36)25-15-16-27(21-11-13-23(32)14-12-21)35(29(25)22-8-6-9-24(33)18-22)41(39,40)28-10-5-4-7-20(28)3/h4-15,18-19,26-27,29H,16-17H2,1-3H3,(H,34,36)(H,37,38)/t26-,27-,29?/m0/s1. The Morgan fingerprint density at radius 2 is 1.66 bits per heavy atom. The van der Waals surface area contributed by atoms with E-state index >= 15 is 0 Å². The van der Waals surface area contributed by atoms with Gasteiger partial charge >= 0.3 is 5.97 Å². The van der Waals surface area contributed by atoms with Crippen LogP contribution < -0.4 is 5.32 Å². The van der Waals surface area contributed by atoms with Crippen LogP contribution in [0.3, 0.4) is 0 Å². The molecule has 0 saturated carbocycles. The van der Waals surface area contributed by atoms with Gasteiger partial charge in [-0.15, -0.1) is 0 Å². The van der Waals surface area contributed by atoms with Gasteiger partial charge in [-0.1, -0.05) is 85.6 Å². The summed E-state index contributed by atoms with van der Waals surface area (Å²) in [6.45, 7) is 5.45. The minimum atomic E-state index is -4.22. The van der Waals surface area contributed by atoms with Gasteiger partial charge in [-0.05, 0) is 72.7 Å². The number of aryl methyl sites for hydroxylation is 1. The van der Waals surface area contributed by atoms with E-state index in [0.717, 1.165) is 0 Å². The van der Waals surface area contributed by atoms with Crippen molar-refractivity contribution in [2.45, 2.75) is 56.6 Å². The molecule has 3 aromatic carbocycles. The first kappa shape index (κ1) is 30.8. The Kier molecular flexibility index (Phi) is 9.59. The summed E-state index contributed by atoms with van der Waals surface area (Å²) in [5.41, 5.74) is 1.85. The molecule has 1 unspecified atom stereocenters. The monoisotopic (exact) mass is 614 g/mol. The van der Waals surface area contributed by atoms with Crippen LogP contribution in [-0.2, 0) is 19.6 Å². The maximum Gasteiger partial charge on any atom is 0.326 e. The average Bonchev–Trinajstić information content (AvgIpc) is 2.92. The lowest BCUT2D eigenvalue weighted by Crippen LogP contribution is -2.47. The summed E-state index contributed by atoms with van der Waals surface area (Å²) in [5, 5.41) is 13.3. The van der Waals surface area contributed by atoms with Crippen LogP contribution in [0.15, 0.2) is 89.3 Å². The van der Waals surface area contributed by atoms with Gasteiger partial charge in [0, 0.05) is 15.6 Å². The van der Waals surface area contributed by atoms with Crippen LogP contribution in [0.2, 0.25) is 10.0 Å². The second-order valence-corrected chi connectivity index (χ2v) is 13.2. The normalized spacial score (nSPS) is 18.5. The van der Waals surface area contributed by atoms with Gasteiger partial charge < -0.3 is 10.4 Å². The maximum absolute atomic E-state index is 14.6. The number of carboxylic acid groups (broad SMARTS) is 1. The number of halogens is 2. The van der Waals surface area contributed by atoms with Gasteiger partial charge in [0.1, 0.15) is 6.04 Å². The number of hydrogen-bond acceptors (Lipinski definition) is 4. The van der Waals surface area contributed by atoms with Crippen molar-refractivity contribution in [3.8, 4) is 0 Å². The van der Waals surface area contributed by atoms with Gasteiger partial charge in [0.15, 0.2) is 0 Å². The molecule has 4 rings (SSSR count). The zero-order chi connectivity index (χ0) is 29.9. The Hall–Kier alpha value is -3.17. The molecular weight excluding hydrogens is 583 g/mol. The molecule has 0 aromatic heterocycles. The van der Waals surface area contributed by atoms with E-state index in [4.69, 9.17) is 23.2 Å². The summed E-state index contributed by atoms with van der Waals surface area (Å²) < 4.78 is 30.5. The predicted molar refractivity (Wildman–Crippen MR) is 160 cm³/mol. The first-order valence-electron chi connectivity index (χ1n) is 13.2. The number of carbonyl (C=O) groups excluding carboxylic acids is 1. The van der Waals surface area contributed by atoms with Gasteiger partial charge in [-0.2, -0.15) is 4.31 Å². The van der Waals surface area contributed by atoms with Crippen molar-refractivity contribution < 1.29 is 23.1 Å². The quantitative estimate of drug-likeness (QED) is 0.278. The Labute approximate surface area is 250 Å². The zero-order valence-electron chi connectivity index (χ0n) is 22.9. The van der Waals surface area contributed by atoms with Crippen molar-refractivity contribution in [1.29, 1.82) is 0 Å². The number of carbonyl (C=O) groups is 2. The molecule has 3 aromatic rings. The lowest BCUT2D eigenvalue weighted by molar-refractivity contribution is -0.141. The molecule has 41 heavy (non-hydrogen) atoms. The Balaban J connectivity index is 1.94. The Morgan fingerprint density at radius 1 is 0.976 bits per heavy atom. The van der Waals surface area contributed by atoms with Crippen LogP contribution in [0.25, 0.3) is 0 Å². The molecule has 3 atom stereocenters. The fraction of sp³-hybridized carbons (Fsp3) is 0.290. The van der Waals surface area contributed by atoms with Crippen molar-refractivity contribution in [3.05, 3.63) is 111 Å². The summed E-state index contributed by atoms with van der Waals surface area (Å²) in [6.07, 6.45) is 2.08. The lowest BCUT2D eigenvalue weighted by atomic mass is 9.88. The highest BCUT2D eigenvalue weighted by molar-refractivity contribution is 7.89. The summed E-state index contributed by atoms with van der Waals surface area (Å²) in [5.74, 6) is -1.80. The molecule has 0 saturated heterocycles. The summed E-state index contributed by atoms with van der Waals surface area (Å²) in [7, 11) is -4.22. The van der Waals surface area contributed by atoms with E-state index in [1.165, 1.54) is 4.31 Å². The molecule has 0 aliphatic carbocycles. The van der Waals surface area contributed by atoms with Gasteiger partial charge in [-0.25, -0.2) is 13.2 Å². The smallest absolute Gasteiger partial charge is 0.326 e. The highest BCUT2D eigenvalue weighted by atomic mass is 35.5. The molecule has 0 radical (unpaired) electrons. The Bertz CT molecular complexity index is 1570. The summed E-state index contributed by atoms with van der Waals surface area (Å²) in [4.78, 5) is 25.9. The molecule has 0 fully saturated rings. The minimum absolute atomic E-state index is 0.00711. The number of nitrogens with one attached hydrogen (secondary N) is 1. The molecule has 216 valence electrons. The van der Waals surface area contributed by atoms with Crippen LogP contribution in [0.5, 0.6) is 0 Å². The highest BCUT2D eigenvalue weighted by Crippen LogP contribution is 2.46. The van der Waals surface area contributed by atoms with Crippen molar-refractivity contribution in [3.63, 3.8) is 0 Å². The number of nitrogens with zero attached hydrogens (tertiary/aromatic N) is 1. The number of benzene rings is 3. The van der Waals surface area contributed by atoms with Gasteiger partial charge in [0.05, 0.1) is 17.0 Å². The molecule has 2 N–H and O–H groups in total. The van der Waals surface area contributed by atoms with Crippen LogP contribution >= 0.6 is 23.2 Å². The molecule has 1 heterocycles. The van der Waals surface area contributed by atoms with E-state index in [1.54, 1.807) is 85.8 Å². The Morgan fingerprint density at radius 3 is 2.27 bits per heavy atom. The second-order valence-electron chi connectivity index (χ2n) is 10.5. The van der Waals surface area contributed by atoms with Crippen LogP contribution in [0, 0.1) is 12.8 Å². The number of rotatable bonds is 9. The molecule has 7 nitrogen and oxygen atoms in total. The third-order valence-electron chi connectivity index (χ3n) is 7.06. The highest BCUT2D eigenvalue weighted by Gasteiger charge is 2.45. The number of hydrogen-bond donors (Lipinski definition) is 2. The van der Waals surface area contributed by atoms with E-state index < -0.39 is 40.0 Å². The van der Waals surface area contributed by atoms with Crippen LogP contribution in [0.4, 0.5) is 0 Å². The molecule has 1 aliphatic rings. The maximum atomic E-state index is 14.6. The fourth-order valence-corrected chi connectivity index (χ4v) is 7.49. The number of carboxylic acids is 1. The van der Waals surface area contributed by atoms with Crippen molar-refractivity contribution in [2.24, 2.45) is 5.92 Å². The minimum Gasteiger partial charge on any atom is -0.480 e. The topological polar surface area (TPSA) is 104 Å². The summed E-state index contributed by atoms with van der Waals surface area (Å²) >= 11 is 12.5. The van der Waals surface area contributed by atoms with Crippen molar-refractivity contribution >= 4 is 45.1 Å². The summed E-state index contributed by atoms with van der Waals surface area (Å²) in [6, 6.07) is 17.4. The van der Waals surface area contributed by atoms with Crippen LogP contribution in [-0.4, -0.2) is 35.7 Å². The van der Waals surface area contributed by atoms with E-state index in [2.05, 4.69) is 5.32 Å². The van der Waals surface area contributed by atoms with E-state index in [0.29, 0.717) is 26.7 Å². The molecule has 0 bridgehead atoms. The van der Waals surface area contributed by atoms with E-state index in [-0.39, 0.29) is 29.2 Å². The second kappa shape index (κ2) is 12.8. The van der Waals surface area contributed by atoms with E-state index in [9.17, 15) is 23.1 Å². The molecular formula is C31H32Cl2N2O5S. The van der Waals surface area contributed by atoms with Gasteiger partial charge in [0.25, 0.3) is 0 Å². The zero-order valence-corrected chi connectivity index (χ0v) is 25.2. The first-order valence-corrected chi connectivity index (χ1v) is 15.4. The average molecular weight is 616 g/mol. The molecule has 1 aliphatic heterocycles. The third-order valence-corrected chi connectivity index (χ3v) is 9.58. The van der Waals surface area contributed by atoms with Crippen LogP contribution in [0.1, 0.15) is 55.5 Å². The SMILES string of the molecule is Cc1ccccc1S(=O)(=O)N1C(c2cccc(Cl)c2)C(C(=O)N[C@@H](CC(C)C)C(=O)O)=CC[C@H]1c1ccc(Cl)cc1. The largest absolute Gasteiger partial charge is 0.480 e. The lowest BCUT2D eigenvalue weighted by Gasteiger charge is -2.41. The first-order chi connectivity index (χ1) is 19.4.